The van der Waals surface area contributed by atoms with Gasteiger partial charge in [0, 0.05) is 37.2 Å². The molecule has 1 radical (unpaired) electrons. The molecule has 0 saturated heterocycles. The number of pyridine rings is 3. The van der Waals surface area contributed by atoms with Crippen LogP contribution >= 0.6 is 11.3 Å². The Kier molecular flexibility index (Phi) is 7.13. The van der Waals surface area contributed by atoms with E-state index in [1.54, 1.807) is 23.7 Å². The van der Waals surface area contributed by atoms with Crippen LogP contribution < -0.4 is 0 Å². The second-order valence-electron chi connectivity index (χ2n) is 6.79. The Morgan fingerprint density at radius 2 is 1.44 bits per heavy atom. The minimum atomic E-state index is 0. The zero-order valence-electron chi connectivity index (χ0n) is 16.9. The number of aromatic nitrogens is 3. The van der Waals surface area contributed by atoms with Gasteiger partial charge < -0.3 is 9.97 Å². The topological polar surface area (TPSA) is 38.7 Å². The molecule has 3 nitrogen and oxygen atoms in total. The monoisotopic (exact) mass is 608 g/mol. The number of nitrogens with zero attached hydrogens (tertiary/aromatic N) is 3. The van der Waals surface area contributed by atoms with Crippen LogP contribution in [0.5, 0.6) is 0 Å². The van der Waals surface area contributed by atoms with Gasteiger partial charge in [-0.05, 0) is 46.2 Å². The predicted molar refractivity (Wildman–Crippen MR) is 128 cm³/mol. The van der Waals surface area contributed by atoms with Crippen molar-refractivity contribution >= 4 is 31.5 Å². The van der Waals surface area contributed by atoms with Crippen LogP contribution in [0, 0.1) is 12.1 Å². The summed E-state index contributed by atoms with van der Waals surface area (Å²) in [6.07, 6.45) is 5.48. The van der Waals surface area contributed by atoms with Crippen LogP contribution in [-0.2, 0) is 20.1 Å². The quantitative estimate of drug-likeness (QED) is 0.202. The van der Waals surface area contributed by atoms with Crippen molar-refractivity contribution in [2.75, 3.05) is 0 Å². The number of hydrogen-bond acceptors (Lipinski definition) is 4. The van der Waals surface area contributed by atoms with Gasteiger partial charge in [-0.1, -0.05) is 36.4 Å². The summed E-state index contributed by atoms with van der Waals surface area (Å²) in [6.45, 7) is 0. The molecule has 4 aromatic heterocycles. The molecule has 4 heterocycles. The normalized spacial score (nSPS) is 10.2. The SMILES string of the molecule is [Ir].[c-]1ccccc1-c1ccccn1.[c-]1cccnc1-c1cc2c(cn1)sc1ccccc12. The molecule has 2 aromatic carbocycles. The number of hydrogen-bond donors (Lipinski definition) is 0. The smallest absolute Gasteiger partial charge is 0.0515 e. The zero-order chi connectivity index (χ0) is 20.9. The van der Waals surface area contributed by atoms with Gasteiger partial charge in [0.1, 0.15) is 0 Å². The van der Waals surface area contributed by atoms with Crippen molar-refractivity contribution in [1.29, 1.82) is 0 Å². The zero-order valence-corrected chi connectivity index (χ0v) is 20.1. The van der Waals surface area contributed by atoms with Gasteiger partial charge in [0.05, 0.1) is 4.70 Å². The molecule has 0 bridgehead atoms. The molecular formula is C27H17IrN3S-2. The molecule has 0 amide bonds. The summed E-state index contributed by atoms with van der Waals surface area (Å²) < 4.78 is 2.50. The molecule has 0 saturated carbocycles. The fourth-order valence-electron chi connectivity index (χ4n) is 3.30. The first-order valence-electron chi connectivity index (χ1n) is 9.87. The van der Waals surface area contributed by atoms with Crippen molar-refractivity contribution in [3.05, 3.63) is 116 Å². The van der Waals surface area contributed by atoms with E-state index in [4.69, 9.17) is 0 Å². The molecule has 157 valence electrons. The number of thiophene rings is 1. The van der Waals surface area contributed by atoms with Crippen molar-refractivity contribution in [2.45, 2.75) is 0 Å². The Balaban J connectivity index is 0.000000164. The molecule has 0 spiro atoms. The summed E-state index contributed by atoms with van der Waals surface area (Å²) in [5.41, 5.74) is 3.67. The average molecular weight is 608 g/mol. The average Bonchev–Trinajstić information content (AvgIpc) is 3.24. The third-order valence-corrected chi connectivity index (χ3v) is 5.88. The summed E-state index contributed by atoms with van der Waals surface area (Å²) in [6, 6.07) is 34.2. The first-order chi connectivity index (χ1) is 15.4. The second kappa shape index (κ2) is 10.4. The molecule has 0 N–H and O–H groups in total. The van der Waals surface area contributed by atoms with Gasteiger partial charge in [0.25, 0.3) is 0 Å². The van der Waals surface area contributed by atoms with Crippen LogP contribution in [0.4, 0.5) is 0 Å². The largest absolute Gasteiger partial charge is 0.317 e. The minimum Gasteiger partial charge on any atom is -0.317 e. The fraction of sp³-hybridized carbons (Fsp3) is 0. The van der Waals surface area contributed by atoms with Crippen LogP contribution in [0.25, 0.3) is 42.8 Å². The number of rotatable bonds is 2. The standard InChI is InChI=1S/C16H9N2S.C11H8N.Ir/c1-2-7-15-11(5-1)12-9-14(18-10-16(12)19-15)13-6-3-4-8-17-13;1-2-6-10(7-3-1)11-8-4-5-9-12-11;/h1-5,7-10H;1-6,8-9H;/q2*-1;. The summed E-state index contributed by atoms with van der Waals surface area (Å²) in [5.74, 6) is 0. The number of benzene rings is 2. The van der Waals surface area contributed by atoms with Crippen molar-refractivity contribution in [3.63, 3.8) is 0 Å². The van der Waals surface area contributed by atoms with Crippen LogP contribution in [0.1, 0.15) is 0 Å². The molecule has 0 atom stereocenters. The van der Waals surface area contributed by atoms with Crippen LogP contribution in [-0.4, -0.2) is 15.0 Å². The molecule has 0 aliphatic heterocycles. The van der Waals surface area contributed by atoms with E-state index in [0.717, 1.165) is 22.6 Å². The van der Waals surface area contributed by atoms with E-state index >= 15 is 0 Å². The van der Waals surface area contributed by atoms with Gasteiger partial charge in [0.2, 0.25) is 0 Å². The molecule has 0 unspecified atom stereocenters. The Hall–Kier alpha value is -3.24. The minimum absolute atomic E-state index is 0. The van der Waals surface area contributed by atoms with E-state index in [-0.39, 0.29) is 20.1 Å². The molecule has 6 rings (SSSR count). The van der Waals surface area contributed by atoms with E-state index in [9.17, 15) is 0 Å². The van der Waals surface area contributed by atoms with Crippen molar-refractivity contribution < 1.29 is 20.1 Å². The maximum atomic E-state index is 4.49. The van der Waals surface area contributed by atoms with E-state index in [1.165, 1.54) is 20.2 Å². The van der Waals surface area contributed by atoms with Crippen LogP contribution in [0.2, 0.25) is 0 Å². The first kappa shape index (κ1) is 22.0. The van der Waals surface area contributed by atoms with E-state index in [2.05, 4.69) is 57.4 Å². The van der Waals surface area contributed by atoms with Gasteiger partial charge in [-0.2, -0.15) is 12.1 Å². The van der Waals surface area contributed by atoms with Crippen molar-refractivity contribution in [1.82, 2.24) is 15.0 Å². The summed E-state index contributed by atoms with van der Waals surface area (Å²) in [5, 5.41) is 2.52. The summed E-state index contributed by atoms with van der Waals surface area (Å²) in [7, 11) is 0. The van der Waals surface area contributed by atoms with Gasteiger partial charge >= 0.3 is 0 Å². The summed E-state index contributed by atoms with van der Waals surface area (Å²) in [4.78, 5) is 13.0. The maximum absolute atomic E-state index is 4.49. The molecule has 0 aliphatic rings. The molecule has 32 heavy (non-hydrogen) atoms. The van der Waals surface area contributed by atoms with E-state index < -0.39 is 0 Å². The third-order valence-electron chi connectivity index (χ3n) is 4.76. The van der Waals surface area contributed by atoms with Gasteiger partial charge in [-0.25, -0.2) is 0 Å². The number of fused-ring (bicyclic) bond motifs is 3. The van der Waals surface area contributed by atoms with Crippen molar-refractivity contribution in [3.8, 4) is 22.6 Å². The molecule has 5 heteroatoms. The van der Waals surface area contributed by atoms with Crippen LogP contribution in [0.3, 0.4) is 0 Å². The van der Waals surface area contributed by atoms with Crippen molar-refractivity contribution in [2.24, 2.45) is 0 Å². The molecule has 0 fully saturated rings. The van der Waals surface area contributed by atoms with Gasteiger partial charge in [0.15, 0.2) is 0 Å². The van der Waals surface area contributed by atoms with Gasteiger partial charge in [-0.15, -0.1) is 53.3 Å². The first-order valence-corrected chi connectivity index (χ1v) is 10.7. The second-order valence-corrected chi connectivity index (χ2v) is 7.87. The molecular weight excluding hydrogens is 591 g/mol. The molecule has 6 aromatic rings. The Labute approximate surface area is 204 Å². The maximum Gasteiger partial charge on any atom is 0.0515 e. The van der Waals surface area contributed by atoms with Gasteiger partial charge in [-0.3, -0.25) is 4.98 Å². The fourth-order valence-corrected chi connectivity index (χ4v) is 4.36. The third kappa shape index (κ3) is 4.81. The summed E-state index contributed by atoms with van der Waals surface area (Å²) >= 11 is 1.77. The van der Waals surface area contributed by atoms with Crippen LogP contribution in [0.15, 0.2) is 104 Å². The van der Waals surface area contributed by atoms with E-state index in [0.29, 0.717) is 0 Å². The predicted octanol–water partition coefficient (Wildman–Crippen LogP) is 6.86. The Morgan fingerprint density at radius 1 is 0.625 bits per heavy atom. The van der Waals surface area contributed by atoms with E-state index in [1.807, 2.05) is 60.8 Å². The Bertz CT molecular complexity index is 1380. The Morgan fingerprint density at radius 3 is 2.22 bits per heavy atom. The molecule has 0 aliphatic carbocycles.